The zero-order valence-electron chi connectivity index (χ0n) is 12.2. The highest BCUT2D eigenvalue weighted by atomic mass is 16.2. The topological polar surface area (TPSA) is 58.2 Å². The molecular formula is C15H28N2O2. The van der Waals surface area contributed by atoms with Crippen molar-refractivity contribution in [3.05, 3.63) is 0 Å². The average molecular weight is 268 g/mol. The van der Waals surface area contributed by atoms with Gasteiger partial charge in [-0.05, 0) is 19.3 Å². The summed E-state index contributed by atoms with van der Waals surface area (Å²) in [6.45, 7) is 2.17. The Kier molecular flexibility index (Phi) is 8.26. The highest BCUT2D eigenvalue weighted by Gasteiger charge is 2.21. The summed E-state index contributed by atoms with van der Waals surface area (Å²) < 4.78 is 0. The molecule has 1 aliphatic rings. The molecule has 0 bridgehead atoms. The van der Waals surface area contributed by atoms with Gasteiger partial charge in [-0.15, -0.1) is 0 Å². The largest absolute Gasteiger partial charge is 0.273 e. The minimum Gasteiger partial charge on any atom is -0.273 e. The molecule has 110 valence electrons. The Morgan fingerprint density at radius 2 is 1.63 bits per heavy atom. The first kappa shape index (κ1) is 16.0. The number of rotatable bonds is 7. The zero-order chi connectivity index (χ0) is 13.9. The predicted molar refractivity (Wildman–Crippen MR) is 76.2 cm³/mol. The average Bonchev–Trinajstić information content (AvgIpc) is 2.45. The molecule has 0 spiro atoms. The summed E-state index contributed by atoms with van der Waals surface area (Å²) >= 11 is 0. The minimum absolute atomic E-state index is 0.0148. The van der Waals surface area contributed by atoms with E-state index in [0.717, 1.165) is 38.5 Å². The molecular weight excluding hydrogens is 240 g/mol. The Balaban J connectivity index is 2.03. The van der Waals surface area contributed by atoms with Crippen LogP contribution in [0.5, 0.6) is 0 Å². The van der Waals surface area contributed by atoms with E-state index in [4.69, 9.17) is 0 Å². The van der Waals surface area contributed by atoms with Crippen LogP contribution in [0, 0.1) is 5.92 Å². The van der Waals surface area contributed by atoms with Crippen LogP contribution in [0.15, 0.2) is 0 Å². The number of amides is 2. The molecule has 0 atom stereocenters. The molecule has 4 nitrogen and oxygen atoms in total. The van der Waals surface area contributed by atoms with E-state index in [1.807, 2.05) is 0 Å². The summed E-state index contributed by atoms with van der Waals surface area (Å²) in [5, 5.41) is 0. The maximum absolute atomic E-state index is 11.8. The van der Waals surface area contributed by atoms with Crippen molar-refractivity contribution in [2.45, 2.75) is 77.6 Å². The molecule has 0 unspecified atom stereocenters. The Hall–Kier alpha value is -1.06. The second-order valence-electron chi connectivity index (χ2n) is 5.54. The fraction of sp³-hybridized carbons (Fsp3) is 0.867. The molecule has 2 amide bonds. The van der Waals surface area contributed by atoms with Crippen LogP contribution in [0.2, 0.25) is 0 Å². The predicted octanol–water partition coefficient (Wildman–Crippen LogP) is 3.07. The van der Waals surface area contributed by atoms with E-state index in [9.17, 15) is 9.59 Å². The van der Waals surface area contributed by atoms with Gasteiger partial charge in [-0.1, -0.05) is 51.9 Å². The molecule has 2 N–H and O–H groups in total. The van der Waals surface area contributed by atoms with Crippen LogP contribution in [-0.2, 0) is 9.59 Å². The van der Waals surface area contributed by atoms with Crippen LogP contribution in [0.3, 0.4) is 0 Å². The lowest BCUT2D eigenvalue weighted by Gasteiger charge is -2.20. The van der Waals surface area contributed by atoms with Crippen molar-refractivity contribution >= 4 is 11.8 Å². The molecule has 1 rings (SSSR count). The van der Waals surface area contributed by atoms with Gasteiger partial charge in [0.05, 0.1) is 0 Å². The molecule has 0 aliphatic heterocycles. The van der Waals surface area contributed by atoms with Gasteiger partial charge in [0.25, 0.3) is 0 Å². The van der Waals surface area contributed by atoms with Crippen molar-refractivity contribution < 1.29 is 9.59 Å². The van der Waals surface area contributed by atoms with Gasteiger partial charge in [0.2, 0.25) is 11.8 Å². The molecule has 1 saturated carbocycles. The van der Waals surface area contributed by atoms with Gasteiger partial charge in [0.1, 0.15) is 0 Å². The van der Waals surface area contributed by atoms with Crippen molar-refractivity contribution in [2.24, 2.45) is 5.92 Å². The van der Waals surface area contributed by atoms with Crippen LogP contribution in [0.4, 0.5) is 0 Å². The van der Waals surface area contributed by atoms with Crippen LogP contribution < -0.4 is 10.9 Å². The van der Waals surface area contributed by atoms with Crippen LogP contribution >= 0.6 is 0 Å². The number of unbranched alkanes of at least 4 members (excludes halogenated alkanes) is 4. The van der Waals surface area contributed by atoms with E-state index in [2.05, 4.69) is 17.8 Å². The van der Waals surface area contributed by atoms with Crippen molar-refractivity contribution in [3.8, 4) is 0 Å². The summed E-state index contributed by atoms with van der Waals surface area (Å²) in [6.07, 6.45) is 11.6. The first-order valence-corrected chi connectivity index (χ1v) is 7.82. The van der Waals surface area contributed by atoms with E-state index >= 15 is 0 Å². The molecule has 1 aliphatic carbocycles. The second-order valence-corrected chi connectivity index (χ2v) is 5.54. The summed E-state index contributed by atoms with van der Waals surface area (Å²) in [6, 6.07) is 0. The number of carbonyl (C=O) groups is 2. The molecule has 4 heteroatoms. The lowest BCUT2D eigenvalue weighted by Crippen LogP contribution is -2.44. The van der Waals surface area contributed by atoms with Gasteiger partial charge in [-0.25, -0.2) is 0 Å². The molecule has 0 radical (unpaired) electrons. The lowest BCUT2D eigenvalue weighted by atomic mass is 9.89. The molecule has 0 saturated heterocycles. The van der Waals surface area contributed by atoms with Gasteiger partial charge < -0.3 is 0 Å². The number of hydrazine groups is 1. The van der Waals surface area contributed by atoms with Gasteiger partial charge in [-0.2, -0.15) is 0 Å². The lowest BCUT2D eigenvalue weighted by molar-refractivity contribution is -0.131. The summed E-state index contributed by atoms with van der Waals surface area (Å²) in [4.78, 5) is 23.3. The van der Waals surface area contributed by atoms with Gasteiger partial charge in [-0.3, -0.25) is 20.4 Å². The summed E-state index contributed by atoms with van der Waals surface area (Å²) in [5.41, 5.74) is 5.10. The molecule has 0 aromatic heterocycles. The van der Waals surface area contributed by atoms with E-state index < -0.39 is 0 Å². The number of hydrogen-bond donors (Lipinski definition) is 2. The Morgan fingerprint density at radius 3 is 2.32 bits per heavy atom. The molecule has 0 heterocycles. The molecule has 19 heavy (non-hydrogen) atoms. The zero-order valence-corrected chi connectivity index (χ0v) is 12.2. The first-order valence-electron chi connectivity index (χ1n) is 7.82. The van der Waals surface area contributed by atoms with E-state index in [1.54, 1.807) is 0 Å². The van der Waals surface area contributed by atoms with Gasteiger partial charge in [0.15, 0.2) is 0 Å². The monoisotopic (exact) mass is 268 g/mol. The van der Waals surface area contributed by atoms with E-state index in [1.165, 1.54) is 25.7 Å². The molecule has 1 fully saturated rings. The van der Waals surface area contributed by atoms with Crippen LogP contribution in [-0.4, -0.2) is 11.8 Å². The van der Waals surface area contributed by atoms with Gasteiger partial charge in [0, 0.05) is 12.3 Å². The van der Waals surface area contributed by atoms with Crippen molar-refractivity contribution in [3.63, 3.8) is 0 Å². The quantitative estimate of drug-likeness (QED) is 0.550. The second kappa shape index (κ2) is 9.82. The molecule has 0 aromatic carbocycles. The van der Waals surface area contributed by atoms with Crippen LogP contribution in [0.25, 0.3) is 0 Å². The highest BCUT2D eigenvalue weighted by Crippen LogP contribution is 2.23. The third-order valence-corrected chi connectivity index (χ3v) is 3.81. The van der Waals surface area contributed by atoms with Crippen molar-refractivity contribution in [2.75, 3.05) is 0 Å². The SMILES string of the molecule is CCCCCCCC(=O)NNC(=O)C1CCCCC1. The highest BCUT2D eigenvalue weighted by molar-refractivity contribution is 5.83. The normalized spacial score (nSPS) is 16.1. The maximum atomic E-state index is 11.8. The summed E-state index contributed by atoms with van der Waals surface area (Å²) in [5.74, 6) is 0.0123. The smallest absolute Gasteiger partial charge is 0.241 e. The third-order valence-electron chi connectivity index (χ3n) is 3.81. The van der Waals surface area contributed by atoms with E-state index in [-0.39, 0.29) is 17.7 Å². The van der Waals surface area contributed by atoms with Crippen molar-refractivity contribution in [1.29, 1.82) is 0 Å². The fourth-order valence-electron chi connectivity index (χ4n) is 2.55. The Bertz CT molecular complexity index is 273. The van der Waals surface area contributed by atoms with E-state index in [0.29, 0.717) is 6.42 Å². The standard InChI is InChI=1S/C15H28N2O2/c1-2-3-4-5-9-12-14(18)16-17-15(19)13-10-7-6-8-11-13/h13H,2-12H2,1H3,(H,16,18)(H,17,19). The maximum Gasteiger partial charge on any atom is 0.241 e. The van der Waals surface area contributed by atoms with Crippen LogP contribution in [0.1, 0.15) is 77.6 Å². The minimum atomic E-state index is -0.0688. The fourth-order valence-corrected chi connectivity index (χ4v) is 2.55. The summed E-state index contributed by atoms with van der Waals surface area (Å²) in [7, 11) is 0. The Labute approximate surface area is 116 Å². The number of nitrogens with one attached hydrogen (secondary N) is 2. The number of carbonyl (C=O) groups excluding carboxylic acids is 2. The Morgan fingerprint density at radius 1 is 0.947 bits per heavy atom. The first-order chi connectivity index (χ1) is 9.24. The molecule has 0 aromatic rings. The van der Waals surface area contributed by atoms with Crippen molar-refractivity contribution in [1.82, 2.24) is 10.9 Å². The number of hydrogen-bond acceptors (Lipinski definition) is 2. The third kappa shape index (κ3) is 7.19. The van der Waals surface area contributed by atoms with Gasteiger partial charge >= 0.3 is 0 Å².